The van der Waals surface area contributed by atoms with Gasteiger partial charge < -0.3 is 5.32 Å². The molecule has 5 rings (SSSR count). The van der Waals surface area contributed by atoms with Gasteiger partial charge in [0, 0.05) is 31.2 Å². The Morgan fingerprint density at radius 3 is 3.00 bits per heavy atom. The van der Waals surface area contributed by atoms with Crippen molar-refractivity contribution >= 4 is 0 Å². The molecule has 0 atom stereocenters. The summed E-state index contributed by atoms with van der Waals surface area (Å²) < 4.78 is 5.88. The van der Waals surface area contributed by atoms with Gasteiger partial charge in [-0.3, -0.25) is 9.25 Å². The standard InChI is InChI=1S/C18H18N8/c1-3-14(9-15(4-1)26-13-20-12-22-26)24-8-6-21-18(24)17-10-16-11-19-5-2-7-25(16)23-17/h1,3-4,6,8-10,12-13,19H,2,5,7,11H2. The van der Waals surface area contributed by atoms with Gasteiger partial charge in [0.1, 0.15) is 18.3 Å². The van der Waals surface area contributed by atoms with Crippen molar-refractivity contribution in [1.82, 2.24) is 39.4 Å². The molecule has 0 saturated carbocycles. The highest BCUT2D eigenvalue weighted by atomic mass is 15.3. The van der Waals surface area contributed by atoms with E-state index in [-0.39, 0.29) is 0 Å². The van der Waals surface area contributed by atoms with E-state index in [9.17, 15) is 0 Å². The van der Waals surface area contributed by atoms with Crippen molar-refractivity contribution in [3.8, 4) is 22.9 Å². The Morgan fingerprint density at radius 2 is 2.08 bits per heavy atom. The van der Waals surface area contributed by atoms with Crippen LogP contribution in [-0.2, 0) is 13.1 Å². The number of aryl methyl sites for hydroxylation is 1. The topological polar surface area (TPSA) is 78.4 Å². The quantitative estimate of drug-likeness (QED) is 0.612. The Labute approximate surface area is 150 Å². The zero-order valence-corrected chi connectivity index (χ0v) is 14.2. The molecule has 130 valence electrons. The minimum absolute atomic E-state index is 0.835. The van der Waals surface area contributed by atoms with Gasteiger partial charge in [-0.2, -0.15) is 10.2 Å². The van der Waals surface area contributed by atoms with Gasteiger partial charge in [0.25, 0.3) is 0 Å². The molecule has 0 fully saturated rings. The Hall–Kier alpha value is -3.26. The minimum atomic E-state index is 0.835. The van der Waals surface area contributed by atoms with Crippen molar-refractivity contribution < 1.29 is 0 Å². The summed E-state index contributed by atoms with van der Waals surface area (Å²) in [5, 5.41) is 12.4. The predicted molar refractivity (Wildman–Crippen MR) is 96.0 cm³/mol. The van der Waals surface area contributed by atoms with Crippen molar-refractivity contribution in [2.24, 2.45) is 0 Å². The molecular weight excluding hydrogens is 328 g/mol. The first-order chi connectivity index (χ1) is 12.9. The average Bonchev–Trinajstić information content (AvgIpc) is 3.41. The molecule has 1 N–H and O–H groups in total. The Kier molecular flexibility index (Phi) is 3.60. The van der Waals surface area contributed by atoms with Crippen molar-refractivity contribution in [1.29, 1.82) is 0 Å². The number of fused-ring (bicyclic) bond motifs is 1. The highest BCUT2D eigenvalue weighted by molar-refractivity contribution is 5.56. The van der Waals surface area contributed by atoms with Crippen LogP contribution in [-0.4, -0.2) is 40.6 Å². The lowest BCUT2D eigenvalue weighted by Gasteiger charge is -2.08. The minimum Gasteiger partial charge on any atom is -0.311 e. The lowest BCUT2D eigenvalue weighted by atomic mass is 10.2. The van der Waals surface area contributed by atoms with Crippen molar-refractivity contribution in [3.05, 3.63) is 61.1 Å². The van der Waals surface area contributed by atoms with Crippen LogP contribution < -0.4 is 5.32 Å². The number of benzene rings is 1. The molecule has 0 amide bonds. The lowest BCUT2D eigenvalue weighted by Crippen LogP contribution is -2.11. The molecule has 4 aromatic rings. The molecule has 4 heterocycles. The molecule has 1 aliphatic heterocycles. The van der Waals surface area contributed by atoms with E-state index in [2.05, 4.69) is 41.8 Å². The van der Waals surface area contributed by atoms with E-state index in [4.69, 9.17) is 5.10 Å². The highest BCUT2D eigenvalue weighted by Gasteiger charge is 2.16. The fourth-order valence-electron chi connectivity index (χ4n) is 3.30. The number of nitrogens with one attached hydrogen (secondary N) is 1. The molecule has 26 heavy (non-hydrogen) atoms. The lowest BCUT2D eigenvalue weighted by molar-refractivity contribution is 0.588. The van der Waals surface area contributed by atoms with E-state index in [1.807, 2.05) is 24.4 Å². The van der Waals surface area contributed by atoms with Gasteiger partial charge in [-0.25, -0.2) is 14.6 Å². The SMILES string of the molecule is c1cc(-n2cncn2)cc(-n2ccnc2-c2cc3n(n2)CCCNC3)c1. The van der Waals surface area contributed by atoms with Gasteiger partial charge in [-0.1, -0.05) is 6.07 Å². The maximum absolute atomic E-state index is 4.78. The van der Waals surface area contributed by atoms with Gasteiger partial charge in [-0.05, 0) is 37.2 Å². The third-order valence-corrected chi connectivity index (χ3v) is 4.55. The van der Waals surface area contributed by atoms with E-state index in [0.717, 1.165) is 48.9 Å². The summed E-state index contributed by atoms with van der Waals surface area (Å²) in [5.74, 6) is 0.835. The number of hydrogen-bond acceptors (Lipinski definition) is 5. The molecule has 1 aliphatic rings. The summed E-state index contributed by atoms with van der Waals surface area (Å²) in [4.78, 5) is 8.57. The maximum Gasteiger partial charge on any atom is 0.165 e. The maximum atomic E-state index is 4.78. The smallest absolute Gasteiger partial charge is 0.165 e. The van der Waals surface area contributed by atoms with E-state index in [1.54, 1.807) is 17.2 Å². The highest BCUT2D eigenvalue weighted by Crippen LogP contribution is 2.23. The normalized spacial score (nSPS) is 14.2. The van der Waals surface area contributed by atoms with Gasteiger partial charge in [0.15, 0.2) is 5.82 Å². The molecule has 1 aromatic carbocycles. The summed E-state index contributed by atoms with van der Waals surface area (Å²) in [7, 11) is 0. The van der Waals surface area contributed by atoms with Crippen LogP contribution in [0.15, 0.2) is 55.4 Å². The summed E-state index contributed by atoms with van der Waals surface area (Å²) in [6.45, 7) is 2.81. The van der Waals surface area contributed by atoms with E-state index in [0.29, 0.717) is 0 Å². The van der Waals surface area contributed by atoms with E-state index in [1.165, 1.54) is 12.0 Å². The summed E-state index contributed by atoms with van der Waals surface area (Å²) in [6, 6.07) is 10.2. The first-order valence-corrected chi connectivity index (χ1v) is 8.65. The summed E-state index contributed by atoms with van der Waals surface area (Å²) in [5.41, 5.74) is 4.04. The van der Waals surface area contributed by atoms with Crippen LogP contribution in [0.1, 0.15) is 12.1 Å². The van der Waals surface area contributed by atoms with E-state index >= 15 is 0 Å². The van der Waals surface area contributed by atoms with Gasteiger partial charge in [0.2, 0.25) is 0 Å². The van der Waals surface area contributed by atoms with E-state index < -0.39 is 0 Å². The van der Waals surface area contributed by atoms with Gasteiger partial charge in [0.05, 0.1) is 11.4 Å². The molecule has 0 spiro atoms. The first kappa shape index (κ1) is 15.0. The van der Waals surface area contributed by atoms with Crippen molar-refractivity contribution in [2.45, 2.75) is 19.5 Å². The second kappa shape index (κ2) is 6.23. The van der Waals surface area contributed by atoms with Crippen molar-refractivity contribution in [3.63, 3.8) is 0 Å². The molecule has 0 saturated heterocycles. The third kappa shape index (κ3) is 2.60. The van der Waals surface area contributed by atoms with Crippen LogP contribution in [0.3, 0.4) is 0 Å². The van der Waals surface area contributed by atoms with Crippen LogP contribution >= 0.6 is 0 Å². The van der Waals surface area contributed by atoms with Crippen LogP contribution in [0.2, 0.25) is 0 Å². The largest absolute Gasteiger partial charge is 0.311 e. The Balaban J connectivity index is 1.55. The fraction of sp³-hybridized carbons (Fsp3) is 0.222. The fourth-order valence-corrected chi connectivity index (χ4v) is 3.30. The number of hydrogen-bond donors (Lipinski definition) is 1. The molecule has 0 bridgehead atoms. The zero-order chi connectivity index (χ0) is 17.3. The molecule has 3 aromatic heterocycles. The van der Waals surface area contributed by atoms with Gasteiger partial charge in [-0.15, -0.1) is 0 Å². The molecule has 0 aliphatic carbocycles. The molecule has 8 heteroatoms. The molecule has 0 unspecified atom stereocenters. The average molecular weight is 346 g/mol. The number of nitrogens with zero attached hydrogens (tertiary/aromatic N) is 7. The second-order valence-corrected chi connectivity index (χ2v) is 6.26. The van der Waals surface area contributed by atoms with Crippen LogP contribution in [0.25, 0.3) is 22.9 Å². The van der Waals surface area contributed by atoms with Gasteiger partial charge >= 0.3 is 0 Å². The Morgan fingerprint density at radius 1 is 1.12 bits per heavy atom. The molecule has 0 radical (unpaired) electrons. The summed E-state index contributed by atoms with van der Waals surface area (Å²) in [6.07, 6.45) is 8.07. The first-order valence-electron chi connectivity index (χ1n) is 8.65. The molecular formula is C18H18N8. The zero-order valence-electron chi connectivity index (χ0n) is 14.2. The van der Waals surface area contributed by atoms with Crippen LogP contribution in [0.4, 0.5) is 0 Å². The number of imidazole rings is 1. The van der Waals surface area contributed by atoms with Crippen LogP contribution in [0, 0.1) is 0 Å². The monoisotopic (exact) mass is 346 g/mol. The van der Waals surface area contributed by atoms with Crippen molar-refractivity contribution in [2.75, 3.05) is 6.54 Å². The Bertz CT molecular complexity index is 1000. The number of rotatable bonds is 3. The summed E-state index contributed by atoms with van der Waals surface area (Å²) >= 11 is 0. The van der Waals surface area contributed by atoms with Crippen LogP contribution in [0.5, 0.6) is 0 Å². The predicted octanol–water partition coefficient (Wildman–Crippen LogP) is 1.81. The molecule has 8 nitrogen and oxygen atoms in total. The third-order valence-electron chi connectivity index (χ3n) is 4.55. The number of aromatic nitrogens is 7. The second-order valence-electron chi connectivity index (χ2n) is 6.26.